The van der Waals surface area contributed by atoms with E-state index in [9.17, 15) is 18.0 Å². The number of unbranched alkanes of at least 4 members (excludes halogenated alkanes) is 6. The summed E-state index contributed by atoms with van der Waals surface area (Å²) < 4.78 is 35.9. The Kier molecular flexibility index (Phi) is 11.1. The van der Waals surface area contributed by atoms with Crippen LogP contribution in [0.3, 0.4) is 0 Å². The monoisotopic (exact) mass is 475 g/mol. The van der Waals surface area contributed by atoms with Crippen molar-refractivity contribution in [1.29, 1.82) is 0 Å². The van der Waals surface area contributed by atoms with Crippen molar-refractivity contribution in [1.82, 2.24) is 9.97 Å². The second kappa shape index (κ2) is 13.8. The van der Waals surface area contributed by atoms with E-state index in [-0.39, 0.29) is 18.2 Å². The van der Waals surface area contributed by atoms with Crippen LogP contribution in [0.4, 0.5) is 13.2 Å². The number of hydrogen-bond acceptors (Lipinski definition) is 2. The molecular weight excluding hydrogens is 439 g/mol. The van der Waals surface area contributed by atoms with Gasteiger partial charge in [0.25, 0.3) is 0 Å². The van der Waals surface area contributed by atoms with Gasteiger partial charge < -0.3 is 10.7 Å². The molecule has 4 nitrogen and oxygen atoms in total. The molecule has 1 unspecified atom stereocenters. The highest BCUT2D eigenvalue weighted by atomic mass is 19.4. The maximum atomic E-state index is 12.0. The molecule has 0 fully saturated rings. The van der Waals surface area contributed by atoms with E-state index in [2.05, 4.69) is 41.2 Å². The normalized spacial score (nSPS) is 12.3. The fourth-order valence-electron chi connectivity index (χ4n) is 3.74. The minimum atomic E-state index is -4.02. The van der Waals surface area contributed by atoms with Crippen LogP contribution in [0.2, 0.25) is 0 Å². The highest BCUT2D eigenvalue weighted by Crippen LogP contribution is 2.23. The summed E-state index contributed by atoms with van der Waals surface area (Å²) in [5.74, 6) is -0.762. The molecule has 186 valence electrons. The molecule has 3 N–H and O–H groups in total. The second-order valence-corrected chi connectivity index (χ2v) is 8.85. The van der Waals surface area contributed by atoms with Gasteiger partial charge in [-0.25, -0.2) is 0 Å². The Hall–Kier alpha value is -2.83. The van der Waals surface area contributed by atoms with Crippen LogP contribution in [0.1, 0.15) is 81.2 Å². The number of aromatic nitrogens is 2. The number of benzene rings is 1. The van der Waals surface area contributed by atoms with E-state index in [1.165, 1.54) is 16.6 Å². The Bertz CT molecular complexity index is 963. The number of rotatable bonds is 11. The average molecular weight is 476 g/mol. The molecule has 0 spiro atoms. The van der Waals surface area contributed by atoms with Crippen LogP contribution in [0.15, 0.2) is 48.7 Å². The number of alkyl halides is 3. The number of nitrogens with two attached hydrogens (primary N) is 1. The number of primary amides is 1. The molecule has 2 heterocycles. The zero-order valence-electron chi connectivity index (χ0n) is 20.1. The third kappa shape index (κ3) is 10.4. The highest BCUT2D eigenvalue weighted by Gasteiger charge is 2.25. The van der Waals surface area contributed by atoms with Gasteiger partial charge in [-0.15, -0.1) is 0 Å². The van der Waals surface area contributed by atoms with Gasteiger partial charge in [-0.05, 0) is 62.3 Å². The molecule has 2 aromatic heterocycles. The van der Waals surface area contributed by atoms with Crippen LogP contribution in [0.25, 0.3) is 10.9 Å². The number of fused-ring (bicyclic) bond motifs is 1. The van der Waals surface area contributed by atoms with Gasteiger partial charge in [-0.1, -0.05) is 56.4 Å². The van der Waals surface area contributed by atoms with Crippen molar-refractivity contribution in [2.75, 3.05) is 0 Å². The van der Waals surface area contributed by atoms with E-state index in [0.717, 1.165) is 44.1 Å². The van der Waals surface area contributed by atoms with Gasteiger partial charge in [0.15, 0.2) is 0 Å². The number of carbonyl (C=O) groups excluding carboxylic acids is 1. The van der Waals surface area contributed by atoms with Gasteiger partial charge in [0.2, 0.25) is 5.91 Å². The first-order chi connectivity index (χ1) is 16.2. The standard InChI is InChI=1S/C18H27F3N2O.C9H9N/c1-14(17(22)24)16-11-10-15(13-23-16)9-7-5-3-2-4-6-8-12-18(19,20)21;1-7-6-8-4-2-3-5-9(8)10-7/h10-11,13-14H,2-9,12H2,1H3,(H2,22,24);2-6,10H,1H3. The van der Waals surface area contributed by atoms with Crippen molar-refractivity contribution >= 4 is 16.8 Å². The first kappa shape index (κ1) is 27.4. The number of hydrogen-bond donors (Lipinski definition) is 2. The number of amides is 1. The zero-order chi connectivity index (χ0) is 25.0. The van der Waals surface area contributed by atoms with Crippen molar-refractivity contribution in [3.63, 3.8) is 0 Å². The third-order valence-electron chi connectivity index (χ3n) is 5.81. The predicted molar refractivity (Wildman–Crippen MR) is 132 cm³/mol. The quantitative estimate of drug-likeness (QED) is 0.284. The van der Waals surface area contributed by atoms with E-state index < -0.39 is 12.6 Å². The first-order valence-corrected chi connectivity index (χ1v) is 12.0. The summed E-state index contributed by atoms with van der Waals surface area (Å²) in [6.07, 6.45) is 3.95. The number of nitrogens with one attached hydrogen (secondary N) is 1. The minimum absolute atomic E-state index is 0.241. The SMILES string of the molecule is CC(C(N)=O)c1ccc(CCCCCCCCCC(F)(F)F)cn1.Cc1cc2ccccc2[nH]1. The lowest BCUT2D eigenvalue weighted by atomic mass is 10.0. The molecule has 0 aliphatic rings. The Morgan fingerprint density at radius 1 is 1.00 bits per heavy atom. The Labute approximate surface area is 200 Å². The van der Waals surface area contributed by atoms with Gasteiger partial charge in [0.1, 0.15) is 0 Å². The maximum absolute atomic E-state index is 12.0. The minimum Gasteiger partial charge on any atom is -0.369 e. The lowest BCUT2D eigenvalue weighted by Crippen LogP contribution is -2.19. The fraction of sp³-hybridized carbons (Fsp3) is 0.481. The molecule has 3 aromatic rings. The van der Waals surface area contributed by atoms with Gasteiger partial charge in [0, 0.05) is 23.8 Å². The summed E-state index contributed by atoms with van der Waals surface area (Å²) in [5.41, 5.74) is 9.51. The number of aryl methyl sites for hydroxylation is 2. The molecule has 1 amide bonds. The number of halogens is 3. The predicted octanol–water partition coefficient (Wildman–Crippen LogP) is 7.37. The molecule has 0 radical (unpaired) electrons. The molecule has 0 aliphatic heterocycles. The summed E-state index contributed by atoms with van der Waals surface area (Å²) in [6.45, 7) is 3.80. The van der Waals surface area contributed by atoms with E-state index in [0.29, 0.717) is 12.1 Å². The number of carbonyl (C=O) groups is 1. The van der Waals surface area contributed by atoms with E-state index in [4.69, 9.17) is 5.73 Å². The van der Waals surface area contributed by atoms with E-state index in [1.54, 1.807) is 13.1 Å². The summed E-state index contributed by atoms with van der Waals surface area (Å²) in [5, 5.41) is 1.29. The van der Waals surface area contributed by atoms with Crippen LogP contribution >= 0.6 is 0 Å². The van der Waals surface area contributed by atoms with Gasteiger partial charge in [-0.2, -0.15) is 13.2 Å². The van der Waals surface area contributed by atoms with Gasteiger partial charge >= 0.3 is 6.18 Å². The van der Waals surface area contributed by atoms with Crippen LogP contribution in [-0.2, 0) is 11.2 Å². The Morgan fingerprint density at radius 2 is 1.65 bits per heavy atom. The molecule has 0 bridgehead atoms. The van der Waals surface area contributed by atoms with Crippen molar-refractivity contribution in [3.05, 3.63) is 65.6 Å². The maximum Gasteiger partial charge on any atom is 0.389 e. The molecule has 1 atom stereocenters. The molecule has 34 heavy (non-hydrogen) atoms. The number of aromatic amines is 1. The molecular formula is C27H36F3N3O. The topological polar surface area (TPSA) is 71.8 Å². The number of H-pyrrole nitrogens is 1. The first-order valence-electron chi connectivity index (χ1n) is 12.0. The molecule has 0 saturated heterocycles. The van der Waals surface area contributed by atoms with Gasteiger partial charge in [-0.3, -0.25) is 9.78 Å². The van der Waals surface area contributed by atoms with Crippen molar-refractivity contribution in [2.45, 2.75) is 83.7 Å². The fourth-order valence-corrected chi connectivity index (χ4v) is 3.74. The smallest absolute Gasteiger partial charge is 0.369 e. The van der Waals surface area contributed by atoms with Crippen LogP contribution in [-0.4, -0.2) is 22.1 Å². The van der Waals surface area contributed by atoms with Crippen molar-refractivity contribution in [2.24, 2.45) is 5.73 Å². The molecule has 3 rings (SSSR count). The van der Waals surface area contributed by atoms with Gasteiger partial charge in [0.05, 0.1) is 11.6 Å². The summed E-state index contributed by atoms with van der Waals surface area (Å²) in [6, 6.07) is 14.2. The van der Waals surface area contributed by atoms with Crippen molar-refractivity contribution < 1.29 is 18.0 Å². The number of para-hydroxylation sites is 1. The number of pyridine rings is 1. The van der Waals surface area contributed by atoms with Crippen LogP contribution in [0, 0.1) is 6.92 Å². The lowest BCUT2D eigenvalue weighted by molar-refractivity contribution is -0.135. The molecule has 0 saturated carbocycles. The second-order valence-electron chi connectivity index (χ2n) is 8.85. The Balaban J connectivity index is 0.000000333. The third-order valence-corrected chi connectivity index (χ3v) is 5.81. The summed E-state index contributed by atoms with van der Waals surface area (Å²) >= 11 is 0. The van der Waals surface area contributed by atoms with Crippen LogP contribution in [0.5, 0.6) is 0 Å². The molecule has 1 aromatic carbocycles. The molecule has 0 aliphatic carbocycles. The zero-order valence-corrected chi connectivity index (χ0v) is 20.1. The lowest BCUT2D eigenvalue weighted by Gasteiger charge is -2.08. The summed E-state index contributed by atoms with van der Waals surface area (Å²) in [4.78, 5) is 18.6. The average Bonchev–Trinajstić information content (AvgIpc) is 3.17. The largest absolute Gasteiger partial charge is 0.389 e. The molecule has 7 heteroatoms. The van der Waals surface area contributed by atoms with E-state index >= 15 is 0 Å². The highest BCUT2D eigenvalue weighted by molar-refractivity contribution is 5.81. The van der Waals surface area contributed by atoms with E-state index in [1.807, 2.05) is 18.2 Å². The van der Waals surface area contributed by atoms with Crippen LogP contribution < -0.4 is 5.73 Å². The number of nitrogens with zero attached hydrogens (tertiary/aromatic N) is 1. The summed E-state index contributed by atoms with van der Waals surface area (Å²) in [7, 11) is 0. The van der Waals surface area contributed by atoms with Crippen molar-refractivity contribution in [3.8, 4) is 0 Å². The Morgan fingerprint density at radius 3 is 2.24 bits per heavy atom.